The van der Waals surface area contributed by atoms with Gasteiger partial charge >= 0.3 is 19.4 Å². The van der Waals surface area contributed by atoms with Gasteiger partial charge in [0, 0.05) is 0 Å². The maximum atomic E-state index is 15.5. The Labute approximate surface area is 211 Å². The first-order valence-electron chi connectivity index (χ1n) is 11.3. The molecule has 0 saturated carbocycles. The second kappa shape index (κ2) is 11.2. The molecular formula is C22H29F2N4O8P. The van der Waals surface area contributed by atoms with E-state index in [1.54, 1.807) is 32.0 Å². The number of halogens is 2. The fourth-order valence-corrected chi connectivity index (χ4v) is 4.98. The lowest BCUT2D eigenvalue weighted by Gasteiger charge is -2.25. The molecule has 0 spiro atoms. The van der Waals surface area contributed by atoms with Crippen LogP contribution in [0.3, 0.4) is 0 Å². The number of para-hydroxylation sites is 1. The Balaban J connectivity index is 1.81. The highest BCUT2D eigenvalue weighted by Gasteiger charge is 2.56. The minimum absolute atomic E-state index is 0.124. The number of aliphatic hydroxyl groups excluding tert-OH is 1. The number of rotatable bonds is 10. The number of nitrogens with one attached hydrogen (secondary N) is 1. The number of aliphatic hydroxyl groups is 1. The Hall–Kier alpha value is -2.90. The van der Waals surface area contributed by atoms with Gasteiger partial charge in [-0.05, 0) is 39.8 Å². The standard InChI is InChI=1S/C22H29F2N4O8P/c1-12(2)34-19(30)13(3)27-37(32,36-14-8-6-5-7-9-14)33-11-16-17(29)22(4,24)20(35-16)28-10-15(23)18(25)26-21(28)31/h5-10,12-13,16-17,20,29H,11H2,1-4H3,(H,27,32)(H2,25,26,31)/t13-,16-,17-,20-,22-,37-/m1/s1. The zero-order valence-electron chi connectivity index (χ0n) is 20.5. The van der Waals surface area contributed by atoms with Gasteiger partial charge < -0.3 is 24.8 Å². The predicted octanol–water partition coefficient (Wildman–Crippen LogP) is 2.08. The van der Waals surface area contributed by atoms with Crippen molar-refractivity contribution in [2.75, 3.05) is 12.3 Å². The number of anilines is 1. The quantitative estimate of drug-likeness (QED) is 0.295. The molecule has 6 atom stereocenters. The van der Waals surface area contributed by atoms with Gasteiger partial charge in [0.25, 0.3) is 0 Å². The summed E-state index contributed by atoms with van der Waals surface area (Å²) in [6.45, 7) is 4.88. The van der Waals surface area contributed by atoms with Crippen LogP contribution < -0.4 is 21.0 Å². The smallest absolute Gasteiger partial charge is 0.459 e. The Morgan fingerprint density at radius 3 is 2.62 bits per heavy atom. The third-order valence-electron chi connectivity index (χ3n) is 5.34. The zero-order chi connectivity index (χ0) is 27.5. The van der Waals surface area contributed by atoms with Crippen LogP contribution in [0.25, 0.3) is 0 Å². The minimum atomic E-state index is -4.35. The average molecular weight is 546 g/mol. The Bertz CT molecular complexity index is 1210. The lowest BCUT2D eigenvalue weighted by Crippen LogP contribution is -2.43. The van der Waals surface area contributed by atoms with Crippen LogP contribution in [0, 0.1) is 5.82 Å². The van der Waals surface area contributed by atoms with Crippen molar-refractivity contribution in [2.45, 2.75) is 63.9 Å². The van der Waals surface area contributed by atoms with Crippen molar-refractivity contribution >= 4 is 19.5 Å². The van der Waals surface area contributed by atoms with E-state index in [9.17, 15) is 23.7 Å². The van der Waals surface area contributed by atoms with Crippen LogP contribution in [0.15, 0.2) is 41.3 Å². The first kappa shape index (κ1) is 28.7. The van der Waals surface area contributed by atoms with E-state index in [1.807, 2.05) is 0 Å². The normalized spacial score (nSPS) is 26.0. The van der Waals surface area contributed by atoms with Gasteiger partial charge in [-0.2, -0.15) is 10.1 Å². The molecule has 1 aromatic heterocycles. The van der Waals surface area contributed by atoms with Crippen LogP contribution >= 0.6 is 7.75 Å². The number of nitrogen functional groups attached to an aromatic ring is 1. The van der Waals surface area contributed by atoms with Crippen LogP contribution in [-0.4, -0.2) is 57.3 Å². The van der Waals surface area contributed by atoms with Crippen molar-refractivity contribution in [3.05, 3.63) is 52.8 Å². The largest absolute Gasteiger partial charge is 0.462 e. The molecule has 2 heterocycles. The second-order valence-electron chi connectivity index (χ2n) is 8.82. The number of aromatic nitrogens is 2. The Morgan fingerprint density at radius 2 is 2.00 bits per heavy atom. The maximum absolute atomic E-state index is 15.5. The lowest BCUT2D eigenvalue weighted by molar-refractivity contribution is -0.149. The third-order valence-corrected chi connectivity index (χ3v) is 6.98. The Morgan fingerprint density at radius 1 is 1.35 bits per heavy atom. The summed E-state index contributed by atoms with van der Waals surface area (Å²) in [5.41, 5.74) is 1.54. The number of ether oxygens (including phenoxy) is 2. The molecular weight excluding hydrogens is 517 g/mol. The highest BCUT2D eigenvalue weighted by atomic mass is 31.2. The van der Waals surface area contributed by atoms with Crippen LogP contribution in [0.1, 0.15) is 33.9 Å². The molecule has 204 valence electrons. The van der Waals surface area contributed by atoms with Gasteiger partial charge in [-0.15, -0.1) is 0 Å². The van der Waals surface area contributed by atoms with Gasteiger partial charge in [0.1, 0.15) is 24.0 Å². The summed E-state index contributed by atoms with van der Waals surface area (Å²) in [6, 6.07) is 6.73. The minimum Gasteiger partial charge on any atom is -0.462 e. The summed E-state index contributed by atoms with van der Waals surface area (Å²) in [4.78, 5) is 27.7. The van der Waals surface area contributed by atoms with E-state index in [0.29, 0.717) is 10.8 Å². The van der Waals surface area contributed by atoms with Gasteiger partial charge in [-0.25, -0.2) is 18.1 Å². The van der Waals surface area contributed by atoms with Crippen molar-refractivity contribution in [3.8, 4) is 5.75 Å². The monoisotopic (exact) mass is 546 g/mol. The van der Waals surface area contributed by atoms with Crippen molar-refractivity contribution in [3.63, 3.8) is 0 Å². The molecule has 37 heavy (non-hydrogen) atoms. The number of hydrogen-bond acceptors (Lipinski definition) is 10. The van der Waals surface area contributed by atoms with E-state index in [4.69, 9.17) is 24.3 Å². The number of hydrogen-bond donors (Lipinski definition) is 3. The van der Waals surface area contributed by atoms with Gasteiger partial charge in [0.05, 0.1) is 18.9 Å². The van der Waals surface area contributed by atoms with Crippen LogP contribution in [0.4, 0.5) is 14.6 Å². The topological polar surface area (TPSA) is 164 Å². The van der Waals surface area contributed by atoms with E-state index >= 15 is 4.39 Å². The number of nitrogens with zero attached hydrogens (tertiary/aromatic N) is 2. The number of nitrogens with two attached hydrogens (primary N) is 1. The fourth-order valence-electron chi connectivity index (χ4n) is 3.48. The summed E-state index contributed by atoms with van der Waals surface area (Å²) in [7, 11) is -4.35. The molecule has 0 bridgehead atoms. The van der Waals surface area contributed by atoms with Crippen LogP contribution in [0.2, 0.25) is 0 Å². The van der Waals surface area contributed by atoms with Crippen molar-refractivity contribution < 1.29 is 41.8 Å². The molecule has 2 aromatic rings. The van der Waals surface area contributed by atoms with E-state index in [1.165, 1.54) is 19.1 Å². The summed E-state index contributed by atoms with van der Waals surface area (Å²) >= 11 is 0. The third kappa shape index (κ3) is 6.70. The average Bonchev–Trinajstić information content (AvgIpc) is 3.03. The summed E-state index contributed by atoms with van der Waals surface area (Å²) in [5, 5.41) is 13.0. The molecule has 0 aliphatic carbocycles. The first-order chi connectivity index (χ1) is 17.2. The van der Waals surface area contributed by atoms with Crippen molar-refractivity contribution in [2.24, 2.45) is 0 Å². The van der Waals surface area contributed by atoms with Gasteiger partial charge in [-0.1, -0.05) is 18.2 Å². The maximum Gasteiger partial charge on any atom is 0.459 e. The molecule has 0 radical (unpaired) electrons. The van der Waals surface area contributed by atoms with Gasteiger partial charge in [0.2, 0.25) is 0 Å². The SMILES string of the molecule is CC(C)OC(=O)[C@@H](C)N[P@@](=O)(OC[C@H]1O[C@@H](n2cc(F)c(N)nc2=O)[C@](C)(F)[C@@H]1O)Oc1ccccc1. The van der Waals surface area contributed by atoms with E-state index in [-0.39, 0.29) is 5.75 Å². The molecule has 0 unspecified atom stereocenters. The molecule has 0 amide bonds. The highest BCUT2D eigenvalue weighted by molar-refractivity contribution is 7.52. The van der Waals surface area contributed by atoms with Crippen molar-refractivity contribution in [1.29, 1.82) is 0 Å². The van der Waals surface area contributed by atoms with E-state index in [2.05, 4.69) is 10.1 Å². The summed E-state index contributed by atoms with van der Waals surface area (Å²) in [6.07, 6.45) is -5.04. The first-order valence-corrected chi connectivity index (χ1v) is 12.8. The van der Waals surface area contributed by atoms with Crippen molar-refractivity contribution in [1.82, 2.24) is 14.6 Å². The van der Waals surface area contributed by atoms with Crippen LogP contribution in [0.5, 0.6) is 5.75 Å². The number of carbonyl (C=O) groups is 1. The second-order valence-corrected chi connectivity index (χ2v) is 10.5. The zero-order valence-corrected chi connectivity index (χ0v) is 21.4. The number of esters is 1. The molecule has 15 heteroatoms. The molecule has 1 aliphatic rings. The molecule has 1 aromatic carbocycles. The van der Waals surface area contributed by atoms with Crippen LogP contribution in [-0.2, 0) is 23.4 Å². The molecule has 4 N–H and O–H groups in total. The molecule has 1 aliphatic heterocycles. The highest BCUT2D eigenvalue weighted by Crippen LogP contribution is 2.47. The Kier molecular flexibility index (Phi) is 8.70. The number of alkyl halides is 1. The lowest BCUT2D eigenvalue weighted by atomic mass is 9.98. The summed E-state index contributed by atoms with van der Waals surface area (Å²) < 4.78 is 65.0. The molecule has 12 nitrogen and oxygen atoms in total. The summed E-state index contributed by atoms with van der Waals surface area (Å²) in [5.74, 6) is -2.39. The van der Waals surface area contributed by atoms with Gasteiger partial charge in [0.15, 0.2) is 23.5 Å². The van der Waals surface area contributed by atoms with E-state index in [0.717, 1.165) is 6.92 Å². The fraction of sp³-hybridized carbons (Fsp3) is 0.500. The molecule has 1 fully saturated rings. The molecule has 1 saturated heterocycles. The van der Waals surface area contributed by atoms with Gasteiger partial charge in [-0.3, -0.25) is 13.9 Å². The number of carbonyl (C=O) groups excluding carboxylic acids is 1. The van der Waals surface area contributed by atoms with E-state index < -0.39 is 73.9 Å². The number of benzene rings is 1. The predicted molar refractivity (Wildman–Crippen MR) is 127 cm³/mol. The molecule has 3 rings (SSSR count).